The minimum absolute atomic E-state index is 0.116. The number of hydrogen-bond donors (Lipinski definition) is 0. The van der Waals surface area contributed by atoms with Crippen LogP contribution in [-0.4, -0.2) is 47.0 Å². The number of benzene rings is 2. The first-order valence-electron chi connectivity index (χ1n) is 11.5. The van der Waals surface area contributed by atoms with E-state index in [4.69, 9.17) is 4.98 Å². The second-order valence-corrected chi connectivity index (χ2v) is 10.2. The first kappa shape index (κ1) is 19.7. The van der Waals surface area contributed by atoms with Crippen molar-refractivity contribution in [2.45, 2.75) is 26.2 Å². The van der Waals surface area contributed by atoms with Crippen LogP contribution in [0.5, 0.6) is 0 Å². The van der Waals surface area contributed by atoms with Crippen LogP contribution in [-0.2, 0) is 12.8 Å². The molecule has 1 atom stereocenters. The van der Waals surface area contributed by atoms with Crippen molar-refractivity contribution in [3.8, 4) is 0 Å². The number of carbonyl (C=O) groups is 1. The zero-order chi connectivity index (χ0) is 21.7. The van der Waals surface area contributed by atoms with Crippen molar-refractivity contribution in [2.24, 2.45) is 5.92 Å². The second kappa shape index (κ2) is 7.85. The smallest absolute Gasteiger partial charge is 0.253 e. The van der Waals surface area contributed by atoms with Crippen molar-refractivity contribution < 1.29 is 4.79 Å². The number of hydrogen-bond acceptors (Lipinski definition) is 5. The summed E-state index contributed by atoms with van der Waals surface area (Å²) in [5, 5.41) is 3.53. The van der Waals surface area contributed by atoms with Crippen molar-refractivity contribution in [3.05, 3.63) is 64.8 Å². The predicted molar refractivity (Wildman–Crippen MR) is 131 cm³/mol. The summed E-state index contributed by atoms with van der Waals surface area (Å²) in [5.74, 6) is 1.92. The van der Waals surface area contributed by atoms with Crippen LogP contribution in [0, 0.1) is 5.92 Å². The highest BCUT2D eigenvalue weighted by atomic mass is 32.1. The Balaban J connectivity index is 1.23. The van der Waals surface area contributed by atoms with E-state index in [1.54, 1.807) is 6.33 Å². The van der Waals surface area contributed by atoms with E-state index in [2.05, 4.69) is 28.9 Å². The molecule has 2 aromatic heterocycles. The minimum atomic E-state index is 0.116. The quantitative estimate of drug-likeness (QED) is 0.442. The van der Waals surface area contributed by atoms with Gasteiger partial charge in [0.1, 0.15) is 17.0 Å². The lowest BCUT2D eigenvalue weighted by Gasteiger charge is -2.36. The standard InChI is InChI=1S/C26H26N4OS/c1-17-6-9-21-22(14-17)32-25-23(21)24(27-16-28-25)29-10-12-30(13-11-29)26(31)20-8-7-18-4-2-3-5-19(18)15-20/h2-5,7-8,15-17H,6,9-14H2,1H3. The number of piperazine rings is 1. The summed E-state index contributed by atoms with van der Waals surface area (Å²) in [6.07, 6.45) is 5.22. The number of aromatic nitrogens is 2. The largest absolute Gasteiger partial charge is 0.352 e. The zero-order valence-corrected chi connectivity index (χ0v) is 19.1. The number of fused-ring (bicyclic) bond motifs is 4. The van der Waals surface area contributed by atoms with E-state index in [0.29, 0.717) is 13.1 Å². The van der Waals surface area contributed by atoms with E-state index in [9.17, 15) is 4.79 Å². The molecule has 0 N–H and O–H groups in total. The molecule has 5 nitrogen and oxygen atoms in total. The van der Waals surface area contributed by atoms with Crippen LogP contribution < -0.4 is 4.90 Å². The number of rotatable bonds is 2. The van der Waals surface area contributed by atoms with Crippen molar-refractivity contribution in [1.82, 2.24) is 14.9 Å². The van der Waals surface area contributed by atoms with Gasteiger partial charge >= 0.3 is 0 Å². The van der Waals surface area contributed by atoms with E-state index >= 15 is 0 Å². The van der Waals surface area contributed by atoms with E-state index in [-0.39, 0.29) is 5.91 Å². The fourth-order valence-corrected chi connectivity index (χ4v) is 6.47. The lowest BCUT2D eigenvalue weighted by molar-refractivity contribution is 0.0747. The molecule has 1 unspecified atom stereocenters. The molecule has 1 fully saturated rings. The van der Waals surface area contributed by atoms with Gasteiger partial charge in [-0.05, 0) is 53.6 Å². The number of anilines is 1. The van der Waals surface area contributed by atoms with Crippen LogP contribution in [0.2, 0.25) is 0 Å². The first-order valence-corrected chi connectivity index (χ1v) is 12.3. The molecule has 4 aromatic rings. The molecule has 1 amide bonds. The molecule has 32 heavy (non-hydrogen) atoms. The van der Waals surface area contributed by atoms with Crippen LogP contribution >= 0.6 is 11.3 Å². The Kier molecular flexibility index (Phi) is 4.83. The Morgan fingerprint density at radius 1 is 1.03 bits per heavy atom. The van der Waals surface area contributed by atoms with Gasteiger partial charge in [-0.25, -0.2) is 9.97 Å². The summed E-state index contributed by atoms with van der Waals surface area (Å²) in [4.78, 5) is 29.4. The van der Waals surface area contributed by atoms with Gasteiger partial charge in [0, 0.05) is 36.6 Å². The SMILES string of the molecule is CC1CCc2c(sc3ncnc(N4CCN(C(=O)c5ccc6ccccc6c5)CC4)c23)C1. The monoisotopic (exact) mass is 442 g/mol. The van der Waals surface area contributed by atoms with E-state index < -0.39 is 0 Å². The van der Waals surface area contributed by atoms with Crippen LogP contribution in [0.3, 0.4) is 0 Å². The maximum Gasteiger partial charge on any atom is 0.253 e. The van der Waals surface area contributed by atoms with Gasteiger partial charge in [0.15, 0.2) is 0 Å². The third-order valence-electron chi connectivity index (χ3n) is 6.93. The van der Waals surface area contributed by atoms with Crippen molar-refractivity contribution in [3.63, 3.8) is 0 Å². The molecule has 0 bridgehead atoms. The first-order chi connectivity index (χ1) is 15.7. The Morgan fingerprint density at radius 2 is 1.84 bits per heavy atom. The number of thiophene rings is 1. The van der Waals surface area contributed by atoms with Crippen molar-refractivity contribution in [1.29, 1.82) is 0 Å². The summed E-state index contributed by atoms with van der Waals surface area (Å²) in [6, 6.07) is 14.2. The van der Waals surface area contributed by atoms with E-state index in [1.165, 1.54) is 22.2 Å². The van der Waals surface area contributed by atoms with Crippen molar-refractivity contribution >= 4 is 44.1 Å². The normalized spacial score (nSPS) is 18.8. The third kappa shape index (κ3) is 3.34. The van der Waals surface area contributed by atoms with Gasteiger partial charge in [0.2, 0.25) is 0 Å². The molecule has 0 spiro atoms. The second-order valence-electron chi connectivity index (χ2n) is 9.07. The third-order valence-corrected chi connectivity index (χ3v) is 8.10. The molecule has 3 heterocycles. The Hall–Kier alpha value is -2.99. The summed E-state index contributed by atoms with van der Waals surface area (Å²) in [5.41, 5.74) is 2.23. The summed E-state index contributed by atoms with van der Waals surface area (Å²) in [7, 11) is 0. The summed E-state index contributed by atoms with van der Waals surface area (Å²) >= 11 is 1.84. The fraction of sp³-hybridized carbons (Fsp3) is 0.346. The highest BCUT2D eigenvalue weighted by molar-refractivity contribution is 7.19. The summed E-state index contributed by atoms with van der Waals surface area (Å²) < 4.78 is 0. The van der Waals surface area contributed by atoms with E-state index in [1.807, 2.05) is 46.6 Å². The van der Waals surface area contributed by atoms with Crippen LogP contribution in [0.4, 0.5) is 5.82 Å². The average molecular weight is 443 g/mol. The molecule has 0 saturated carbocycles. The number of nitrogens with zero attached hydrogens (tertiary/aromatic N) is 4. The molecule has 6 rings (SSSR count). The van der Waals surface area contributed by atoms with Gasteiger partial charge < -0.3 is 9.80 Å². The minimum Gasteiger partial charge on any atom is -0.352 e. The topological polar surface area (TPSA) is 49.3 Å². The maximum atomic E-state index is 13.2. The molecular formula is C26H26N4OS. The summed E-state index contributed by atoms with van der Waals surface area (Å²) in [6.45, 7) is 5.35. The Morgan fingerprint density at radius 3 is 2.69 bits per heavy atom. The van der Waals surface area contributed by atoms with Crippen molar-refractivity contribution in [2.75, 3.05) is 31.1 Å². The van der Waals surface area contributed by atoms with Crippen LogP contribution in [0.25, 0.3) is 21.0 Å². The Bertz CT molecular complexity index is 1320. The van der Waals surface area contributed by atoms with Crippen LogP contribution in [0.15, 0.2) is 48.8 Å². The molecule has 1 saturated heterocycles. The van der Waals surface area contributed by atoms with Gasteiger partial charge in [0.05, 0.1) is 5.39 Å². The van der Waals surface area contributed by atoms with Crippen LogP contribution in [0.1, 0.15) is 34.1 Å². The number of carbonyl (C=O) groups excluding carboxylic acids is 1. The van der Waals surface area contributed by atoms with Gasteiger partial charge in [-0.3, -0.25) is 4.79 Å². The lowest BCUT2D eigenvalue weighted by atomic mass is 9.89. The zero-order valence-electron chi connectivity index (χ0n) is 18.3. The van der Waals surface area contributed by atoms with Gasteiger partial charge in [-0.2, -0.15) is 0 Å². The van der Waals surface area contributed by atoms with Gasteiger partial charge in [-0.15, -0.1) is 11.3 Å². The molecule has 6 heteroatoms. The molecule has 2 aromatic carbocycles. The maximum absolute atomic E-state index is 13.2. The molecule has 1 aliphatic heterocycles. The number of amides is 1. The van der Waals surface area contributed by atoms with E-state index in [0.717, 1.165) is 58.8 Å². The Labute approximate surface area is 191 Å². The molecule has 0 radical (unpaired) electrons. The fourth-order valence-electron chi connectivity index (χ4n) is 5.12. The molecular weight excluding hydrogens is 416 g/mol. The average Bonchev–Trinajstić information content (AvgIpc) is 3.21. The lowest BCUT2D eigenvalue weighted by Crippen LogP contribution is -2.49. The highest BCUT2D eigenvalue weighted by Gasteiger charge is 2.28. The molecule has 162 valence electrons. The molecule has 2 aliphatic rings. The highest BCUT2D eigenvalue weighted by Crippen LogP contribution is 2.40. The number of aryl methyl sites for hydroxylation is 1. The van der Waals surface area contributed by atoms with Gasteiger partial charge in [-0.1, -0.05) is 37.3 Å². The van der Waals surface area contributed by atoms with Gasteiger partial charge in [0.25, 0.3) is 5.91 Å². The molecule has 1 aliphatic carbocycles. The predicted octanol–water partition coefficient (Wildman–Crippen LogP) is 4.93.